The Balaban J connectivity index is 3.14. The van der Waals surface area contributed by atoms with Crippen molar-refractivity contribution in [2.45, 2.75) is 38.9 Å². The van der Waals surface area contributed by atoms with Crippen molar-refractivity contribution in [2.24, 2.45) is 10.8 Å². The van der Waals surface area contributed by atoms with Crippen LogP contribution in [0.4, 0.5) is 0 Å². The number of aromatic hydroxyl groups is 1. The highest BCUT2D eigenvalue weighted by Gasteiger charge is 2.39. The molecule has 0 amide bonds. The lowest BCUT2D eigenvalue weighted by Gasteiger charge is -2.36. The van der Waals surface area contributed by atoms with Crippen LogP contribution in [0.5, 0.6) is 11.5 Å². The van der Waals surface area contributed by atoms with Crippen molar-refractivity contribution < 1.29 is 9.53 Å². The highest BCUT2D eigenvalue weighted by Crippen LogP contribution is 2.41. The van der Waals surface area contributed by atoms with E-state index >= 15 is 0 Å². The Hall–Kier alpha value is -1.12. The minimum Gasteiger partial charge on any atom is -0.543 e. The Bertz CT molecular complexity index is 600. The van der Waals surface area contributed by atoms with Gasteiger partial charge in [0.1, 0.15) is 11.5 Å². The van der Waals surface area contributed by atoms with Crippen molar-refractivity contribution in [3.05, 3.63) is 22.2 Å². The Morgan fingerprint density at radius 2 is 2.05 bits per heavy atom. The van der Waals surface area contributed by atoms with Crippen LogP contribution in [-0.4, -0.2) is 24.8 Å². The molecule has 8 heteroatoms. The molecular formula is C14H22BrN3O2SSi. The highest BCUT2D eigenvalue weighted by molar-refractivity contribution is 9.10. The Kier molecular flexibility index (Phi) is 6.00. The Labute approximate surface area is 146 Å². The van der Waals surface area contributed by atoms with E-state index in [4.69, 9.17) is 10.2 Å². The molecule has 0 heterocycles. The van der Waals surface area contributed by atoms with Crippen LogP contribution in [-0.2, 0) is 0 Å². The zero-order chi connectivity index (χ0) is 17.1. The molecule has 0 fully saturated rings. The van der Waals surface area contributed by atoms with E-state index in [2.05, 4.69) is 72.5 Å². The third-order valence-electron chi connectivity index (χ3n) is 3.66. The smallest absolute Gasteiger partial charge is 0.250 e. The van der Waals surface area contributed by atoms with Crippen LogP contribution in [0.1, 0.15) is 26.3 Å². The predicted octanol–water partition coefficient (Wildman–Crippen LogP) is 3.71. The summed E-state index contributed by atoms with van der Waals surface area (Å²) in [6.45, 7) is 10.8. The van der Waals surface area contributed by atoms with Gasteiger partial charge in [0.15, 0.2) is 5.11 Å². The van der Waals surface area contributed by atoms with Crippen molar-refractivity contribution in [2.75, 3.05) is 0 Å². The molecule has 1 aromatic carbocycles. The molecule has 0 bridgehead atoms. The molecule has 0 aromatic heterocycles. The summed E-state index contributed by atoms with van der Waals surface area (Å²) in [5.41, 5.74) is 8.26. The van der Waals surface area contributed by atoms with E-state index in [9.17, 15) is 5.11 Å². The highest BCUT2D eigenvalue weighted by atomic mass is 79.9. The van der Waals surface area contributed by atoms with Gasteiger partial charge in [0, 0.05) is 0 Å². The van der Waals surface area contributed by atoms with Gasteiger partial charge in [-0.25, -0.2) is 0 Å². The second-order valence-electron chi connectivity index (χ2n) is 6.41. The minimum atomic E-state index is -1.98. The molecule has 22 heavy (non-hydrogen) atoms. The molecule has 0 spiro atoms. The largest absolute Gasteiger partial charge is 0.543 e. The van der Waals surface area contributed by atoms with Gasteiger partial charge in [-0.1, -0.05) is 20.8 Å². The second kappa shape index (κ2) is 6.97. The van der Waals surface area contributed by atoms with Crippen LogP contribution in [0.25, 0.3) is 0 Å². The summed E-state index contributed by atoms with van der Waals surface area (Å²) in [6, 6.07) is 3.33. The van der Waals surface area contributed by atoms with Crippen molar-refractivity contribution in [3.63, 3.8) is 0 Å². The first-order chi connectivity index (χ1) is 9.95. The van der Waals surface area contributed by atoms with E-state index in [0.717, 1.165) is 0 Å². The SMILES string of the molecule is CC(C)(C)[Si](C)(C)Oc1ccc(O)c(C=NNC(N)=S)c1Br. The van der Waals surface area contributed by atoms with E-state index in [1.807, 2.05) is 0 Å². The molecule has 4 N–H and O–H groups in total. The van der Waals surface area contributed by atoms with E-state index < -0.39 is 8.32 Å². The molecule has 122 valence electrons. The zero-order valence-electron chi connectivity index (χ0n) is 13.4. The van der Waals surface area contributed by atoms with Gasteiger partial charge in [-0.05, 0) is 58.4 Å². The normalized spacial score (nSPS) is 12.5. The van der Waals surface area contributed by atoms with E-state index in [1.165, 1.54) is 6.21 Å². The molecule has 5 nitrogen and oxygen atoms in total. The maximum Gasteiger partial charge on any atom is 0.250 e. The average molecular weight is 404 g/mol. The van der Waals surface area contributed by atoms with Gasteiger partial charge >= 0.3 is 0 Å². The number of thiocarbonyl (C=S) groups is 1. The lowest BCUT2D eigenvalue weighted by atomic mass is 10.2. The van der Waals surface area contributed by atoms with Crippen LogP contribution in [0, 0.1) is 0 Å². The average Bonchev–Trinajstić information content (AvgIpc) is 2.35. The van der Waals surface area contributed by atoms with Crippen LogP contribution >= 0.6 is 28.1 Å². The fourth-order valence-corrected chi connectivity index (χ4v) is 3.10. The number of phenols is 1. The maximum atomic E-state index is 9.98. The lowest BCUT2D eigenvalue weighted by Crippen LogP contribution is -2.44. The van der Waals surface area contributed by atoms with Gasteiger partial charge in [0.25, 0.3) is 8.32 Å². The standard InChI is InChI=1S/C14H22BrN3O2SSi/c1-14(2,3)22(4,5)20-11-7-6-10(19)9(12(11)15)8-17-18-13(16)21/h6-8,19H,1-5H3,(H3,16,18,21). The number of rotatable bonds is 4. The molecule has 1 rings (SSSR count). The number of phenolic OH excluding ortho intramolecular Hbond substituents is 1. The fraction of sp³-hybridized carbons (Fsp3) is 0.429. The molecule has 0 atom stereocenters. The summed E-state index contributed by atoms with van der Waals surface area (Å²) in [6.07, 6.45) is 1.44. The number of hydrogen-bond acceptors (Lipinski definition) is 4. The van der Waals surface area contributed by atoms with Gasteiger partial charge in [-0.2, -0.15) is 5.10 Å². The maximum absolute atomic E-state index is 9.98. The summed E-state index contributed by atoms with van der Waals surface area (Å²) in [7, 11) is -1.98. The number of hydrogen-bond donors (Lipinski definition) is 3. The van der Waals surface area contributed by atoms with Gasteiger partial charge in [0.05, 0.1) is 16.3 Å². The number of nitrogens with zero attached hydrogens (tertiary/aromatic N) is 1. The van der Waals surface area contributed by atoms with Crippen LogP contribution in [0.2, 0.25) is 18.1 Å². The molecule has 0 aliphatic rings. The molecule has 0 saturated carbocycles. The van der Waals surface area contributed by atoms with E-state index in [0.29, 0.717) is 15.8 Å². The summed E-state index contributed by atoms with van der Waals surface area (Å²) >= 11 is 8.15. The molecular weight excluding hydrogens is 382 g/mol. The van der Waals surface area contributed by atoms with E-state index in [-0.39, 0.29) is 15.9 Å². The minimum absolute atomic E-state index is 0.0561. The summed E-state index contributed by atoms with van der Waals surface area (Å²) in [4.78, 5) is 0. The summed E-state index contributed by atoms with van der Waals surface area (Å²) < 4.78 is 6.91. The fourth-order valence-electron chi connectivity index (χ4n) is 1.35. The van der Waals surface area contributed by atoms with Gasteiger partial charge in [0.2, 0.25) is 0 Å². The van der Waals surface area contributed by atoms with Crippen molar-refractivity contribution in [3.8, 4) is 11.5 Å². The molecule has 0 radical (unpaired) electrons. The molecule has 1 aromatic rings. The van der Waals surface area contributed by atoms with Crippen LogP contribution < -0.4 is 15.6 Å². The number of nitrogens with one attached hydrogen (secondary N) is 1. The molecule has 0 saturated heterocycles. The number of benzene rings is 1. The summed E-state index contributed by atoms with van der Waals surface area (Å²) in [5, 5.41) is 14.0. The monoisotopic (exact) mass is 403 g/mol. The molecule has 0 aliphatic carbocycles. The van der Waals surface area contributed by atoms with Crippen molar-refractivity contribution in [1.82, 2.24) is 5.43 Å². The number of nitrogens with two attached hydrogens (primary N) is 1. The first-order valence-electron chi connectivity index (χ1n) is 6.74. The Morgan fingerprint density at radius 1 is 1.45 bits per heavy atom. The molecule has 0 aliphatic heterocycles. The summed E-state index contributed by atoms with van der Waals surface area (Å²) in [5.74, 6) is 0.768. The predicted molar refractivity (Wildman–Crippen MR) is 101 cm³/mol. The molecule has 0 unspecified atom stereocenters. The van der Waals surface area contributed by atoms with Gasteiger partial charge < -0.3 is 15.3 Å². The quantitative estimate of drug-likeness (QED) is 0.309. The Morgan fingerprint density at radius 3 is 2.55 bits per heavy atom. The van der Waals surface area contributed by atoms with Crippen LogP contribution in [0.15, 0.2) is 21.7 Å². The van der Waals surface area contributed by atoms with Crippen molar-refractivity contribution >= 4 is 47.8 Å². The first-order valence-corrected chi connectivity index (χ1v) is 10.9. The third-order valence-corrected chi connectivity index (χ3v) is 8.91. The topological polar surface area (TPSA) is 79.9 Å². The van der Waals surface area contributed by atoms with Crippen LogP contribution in [0.3, 0.4) is 0 Å². The van der Waals surface area contributed by atoms with E-state index in [1.54, 1.807) is 12.1 Å². The first kappa shape index (κ1) is 18.9. The number of hydrazone groups is 1. The lowest BCUT2D eigenvalue weighted by molar-refractivity contribution is 0.466. The van der Waals surface area contributed by atoms with Gasteiger partial charge in [-0.15, -0.1) is 0 Å². The second-order valence-corrected chi connectivity index (χ2v) is 12.4. The zero-order valence-corrected chi connectivity index (χ0v) is 16.8. The van der Waals surface area contributed by atoms with Crippen molar-refractivity contribution in [1.29, 1.82) is 0 Å². The third kappa shape index (κ3) is 4.69. The number of halogens is 1. The van der Waals surface area contributed by atoms with Gasteiger partial charge in [-0.3, -0.25) is 5.43 Å².